The van der Waals surface area contributed by atoms with Gasteiger partial charge in [0.25, 0.3) is 0 Å². The summed E-state index contributed by atoms with van der Waals surface area (Å²) in [6, 6.07) is 17.0. The maximum atomic E-state index is 15.8. The molecule has 0 heterocycles. The van der Waals surface area contributed by atoms with E-state index in [1.165, 1.54) is 12.1 Å². The van der Waals surface area contributed by atoms with Crippen molar-refractivity contribution >= 4 is 5.97 Å². The van der Waals surface area contributed by atoms with Gasteiger partial charge in [0, 0.05) is 11.1 Å². The summed E-state index contributed by atoms with van der Waals surface area (Å²) < 4.78 is 31.0. The van der Waals surface area contributed by atoms with Crippen LogP contribution in [0.25, 0.3) is 22.3 Å². The van der Waals surface area contributed by atoms with Gasteiger partial charge in [0.05, 0.1) is 12.2 Å². The fourth-order valence-corrected chi connectivity index (χ4v) is 3.88. The highest BCUT2D eigenvalue weighted by molar-refractivity contribution is 5.95. The maximum absolute atomic E-state index is 15.8. The van der Waals surface area contributed by atoms with Crippen LogP contribution in [0.1, 0.15) is 68.3 Å². The van der Waals surface area contributed by atoms with Crippen molar-refractivity contribution in [3.8, 4) is 22.3 Å². The Hall–Kier alpha value is -3.05. The SMILES string of the molecule is CCCCCCOOC(=O)c1ccc(-c2ccccc2)c(-c2ccc(CCCC)cc2F)c1F. The number of halogens is 2. The molecule has 0 atom stereocenters. The van der Waals surface area contributed by atoms with Gasteiger partial charge in [0.1, 0.15) is 11.6 Å². The number of carbonyl (C=O) groups excluding carboxylic acids is 1. The van der Waals surface area contributed by atoms with Crippen LogP contribution in [0.3, 0.4) is 0 Å². The van der Waals surface area contributed by atoms with Gasteiger partial charge in [-0.2, -0.15) is 4.89 Å². The molecule has 0 aliphatic carbocycles. The van der Waals surface area contributed by atoms with Crippen LogP contribution in [-0.4, -0.2) is 12.6 Å². The summed E-state index contributed by atoms with van der Waals surface area (Å²) in [5, 5.41) is 0. The van der Waals surface area contributed by atoms with Gasteiger partial charge in [0.2, 0.25) is 0 Å². The smallest absolute Gasteiger partial charge is 0.293 e. The zero-order valence-corrected chi connectivity index (χ0v) is 19.9. The van der Waals surface area contributed by atoms with Crippen LogP contribution in [0, 0.1) is 11.6 Å². The largest absolute Gasteiger partial charge is 0.376 e. The molecule has 5 heteroatoms. The molecule has 180 valence electrons. The Kier molecular flexibility index (Phi) is 9.77. The van der Waals surface area contributed by atoms with Gasteiger partial charge in [-0.15, -0.1) is 0 Å². The summed E-state index contributed by atoms with van der Waals surface area (Å²) in [5.41, 5.74) is 1.91. The van der Waals surface area contributed by atoms with Crippen molar-refractivity contribution < 1.29 is 23.4 Å². The molecule has 0 saturated carbocycles. The monoisotopic (exact) mass is 466 g/mol. The van der Waals surface area contributed by atoms with E-state index < -0.39 is 17.6 Å². The molecule has 3 rings (SSSR count). The summed E-state index contributed by atoms with van der Waals surface area (Å²) in [6.07, 6.45) is 6.56. The van der Waals surface area contributed by atoms with Crippen LogP contribution in [0.4, 0.5) is 8.78 Å². The quantitative estimate of drug-likeness (QED) is 0.153. The highest BCUT2D eigenvalue weighted by Gasteiger charge is 2.24. The van der Waals surface area contributed by atoms with Gasteiger partial charge in [-0.25, -0.2) is 13.6 Å². The molecule has 0 amide bonds. The Morgan fingerprint density at radius 2 is 1.56 bits per heavy atom. The van der Waals surface area contributed by atoms with E-state index in [1.807, 2.05) is 36.4 Å². The van der Waals surface area contributed by atoms with E-state index in [4.69, 9.17) is 9.78 Å². The first kappa shape index (κ1) is 25.6. The zero-order chi connectivity index (χ0) is 24.3. The van der Waals surface area contributed by atoms with E-state index in [0.29, 0.717) is 5.56 Å². The molecular formula is C29H32F2O3. The standard InChI is InChI=1S/C29H32F2O3/c1-3-5-7-11-19-33-34-29(32)25-18-17-23(22-13-9-8-10-14-22)27(28(25)31)24-16-15-21(12-6-4-2)20-26(24)30/h8-10,13-18,20H,3-7,11-12,19H2,1-2H3. The fourth-order valence-electron chi connectivity index (χ4n) is 3.88. The maximum Gasteiger partial charge on any atom is 0.376 e. The predicted molar refractivity (Wildman–Crippen MR) is 131 cm³/mol. The molecule has 34 heavy (non-hydrogen) atoms. The highest BCUT2D eigenvalue weighted by atomic mass is 19.1. The number of hydrogen-bond donors (Lipinski definition) is 0. The third kappa shape index (κ3) is 6.51. The number of rotatable bonds is 12. The molecule has 0 unspecified atom stereocenters. The Balaban J connectivity index is 1.95. The molecule has 3 nitrogen and oxygen atoms in total. The third-order valence-electron chi connectivity index (χ3n) is 5.78. The third-order valence-corrected chi connectivity index (χ3v) is 5.78. The lowest BCUT2D eigenvalue weighted by Crippen LogP contribution is -2.10. The molecule has 0 aromatic heterocycles. The Morgan fingerprint density at radius 1 is 0.824 bits per heavy atom. The van der Waals surface area contributed by atoms with Crippen LogP contribution in [0.5, 0.6) is 0 Å². The molecular weight excluding hydrogens is 434 g/mol. The van der Waals surface area contributed by atoms with E-state index in [9.17, 15) is 4.79 Å². The lowest BCUT2D eigenvalue weighted by Gasteiger charge is -2.15. The van der Waals surface area contributed by atoms with Crippen molar-refractivity contribution in [3.05, 3.63) is 83.4 Å². The van der Waals surface area contributed by atoms with Gasteiger partial charge >= 0.3 is 5.97 Å². The van der Waals surface area contributed by atoms with Gasteiger partial charge in [-0.3, -0.25) is 4.89 Å². The highest BCUT2D eigenvalue weighted by Crippen LogP contribution is 2.37. The number of unbranched alkanes of at least 4 members (excludes halogenated alkanes) is 4. The van der Waals surface area contributed by atoms with Gasteiger partial charge in [-0.1, -0.05) is 88.1 Å². The van der Waals surface area contributed by atoms with E-state index >= 15 is 8.78 Å². The Bertz CT molecular complexity index is 1080. The minimum Gasteiger partial charge on any atom is -0.293 e. The lowest BCUT2D eigenvalue weighted by atomic mass is 9.91. The second-order valence-corrected chi connectivity index (χ2v) is 8.39. The summed E-state index contributed by atoms with van der Waals surface area (Å²) in [6.45, 7) is 4.42. The van der Waals surface area contributed by atoms with E-state index in [0.717, 1.165) is 56.1 Å². The van der Waals surface area contributed by atoms with Crippen molar-refractivity contribution in [3.63, 3.8) is 0 Å². The minimum absolute atomic E-state index is 0.0307. The second kappa shape index (κ2) is 13.0. The van der Waals surface area contributed by atoms with Crippen LogP contribution >= 0.6 is 0 Å². The van der Waals surface area contributed by atoms with Crippen molar-refractivity contribution in [2.75, 3.05) is 6.61 Å². The van der Waals surface area contributed by atoms with Gasteiger partial charge in [0.15, 0.2) is 0 Å². The Labute approximate surface area is 200 Å². The van der Waals surface area contributed by atoms with Crippen molar-refractivity contribution in [2.45, 2.75) is 58.8 Å². The predicted octanol–water partition coefficient (Wildman–Crippen LogP) is 8.31. The van der Waals surface area contributed by atoms with Crippen LogP contribution in [-0.2, 0) is 16.2 Å². The molecule has 0 saturated heterocycles. The first-order valence-corrected chi connectivity index (χ1v) is 12.1. The number of aryl methyl sites for hydroxylation is 1. The summed E-state index contributed by atoms with van der Waals surface area (Å²) in [5.74, 6) is -2.29. The molecule has 0 N–H and O–H groups in total. The Morgan fingerprint density at radius 3 is 2.26 bits per heavy atom. The van der Waals surface area contributed by atoms with Crippen LogP contribution in [0.2, 0.25) is 0 Å². The van der Waals surface area contributed by atoms with E-state index in [-0.39, 0.29) is 23.3 Å². The second-order valence-electron chi connectivity index (χ2n) is 8.39. The fraction of sp³-hybridized carbons (Fsp3) is 0.345. The van der Waals surface area contributed by atoms with Crippen LogP contribution in [0.15, 0.2) is 60.7 Å². The summed E-state index contributed by atoms with van der Waals surface area (Å²) in [7, 11) is 0. The number of hydrogen-bond acceptors (Lipinski definition) is 3. The average molecular weight is 467 g/mol. The number of benzene rings is 3. The molecule has 0 radical (unpaired) electrons. The van der Waals surface area contributed by atoms with Crippen molar-refractivity contribution in [1.82, 2.24) is 0 Å². The van der Waals surface area contributed by atoms with Gasteiger partial charge in [-0.05, 0) is 48.1 Å². The molecule has 3 aromatic rings. The number of carbonyl (C=O) groups is 1. The summed E-state index contributed by atoms with van der Waals surface area (Å²) >= 11 is 0. The zero-order valence-electron chi connectivity index (χ0n) is 19.9. The summed E-state index contributed by atoms with van der Waals surface area (Å²) in [4.78, 5) is 22.4. The minimum atomic E-state index is -0.936. The average Bonchev–Trinajstić information content (AvgIpc) is 2.85. The molecule has 0 fully saturated rings. The van der Waals surface area contributed by atoms with E-state index in [2.05, 4.69) is 13.8 Å². The first-order chi connectivity index (χ1) is 16.6. The van der Waals surface area contributed by atoms with Crippen LogP contribution < -0.4 is 0 Å². The van der Waals surface area contributed by atoms with Crippen molar-refractivity contribution in [2.24, 2.45) is 0 Å². The molecule has 0 spiro atoms. The lowest BCUT2D eigenvalue weighted by molar-refractivity contribution is -0.241. The molecule has 0 aliphatic rings. The topological polar surface area (TPSA) is 35.5 Å². The first-order valence-electron chi connectivity index (χ1n) is 12.1. The van der Waals surface area contributed by atoms with Crippen molar-refractivity contribution in [1.29, 1.82) is 0 Å². The molecule has 0 bridgehead atoms. The molecule has 3 aromatic carbocycles. The normalized spacial score (nSPS) is 10.9. The molecule has 0 aliphatic heterocycles. The van der Waals surface area contributed by atoms with E-state index in [1.54, 1.807) is 12.1 Å². The van der Waals surface area contributed by atoms with Gasteiger partial charge < -0.3 is 0 Å².